The van der Waals surface area contributed by atoms with Crippen LogP contribution in [0.1, 0.15) is 50.6 Å². The molecule has 4 aliphatic rings. The summed E-state index contributed by atoms with van der Waals surface area (Å²) in [5.41, 5.74) is 18.2. The third-order valence-electron chi connectivity index (χ3n) is 12.6. The van der Waals surface area contributed by atoms with Gasteiger partial charge in [0.25, 0.3) is 0 Å². The van der Waals surface area contributed by atoms with Crippen molar-refractivity contribution in [3.05, 3.63) is 91.0 Å². The largest absolute Gasteiger partial charge is 1.00 e. The number of nitrogen functional groups attached to an aromatic ring is 4. The third kappa shape index (κ3) is 41.2. The second-order valence-corrected chi connectivity index (χ2v) is 39.0. The van der Waals surface area contributed by atoms with Gasteiger partial charge in [0.1, 0.15) is 48.2 Å². The quantitative estimate of drug-likeness (QED) is 0.0159. The van der Waals surface area contributed by atoms with Crippen LogP contribution in [0.3, 0.4) is 0 Å². The molecule has 0 radical (unpaired) electrons. The van der Waals surface area contributed by atoms with Crippen LogP contribution < -0.4 is 184 Å². The number of hydrogen-bond donors (Lipinski definition) is 20. The summed E-state index contributed by atoms with van der Waals surface area (Å²) in [5, 5.41) is 48.0. The van der Waals surface area contributed by atoms with Crippen molar-refractivity contribution in [3.63, 3.8) is 0 Å². The molecule has 8 heterocycles. The predicted octanol–water partition coefficient (Wildman–Crippen LogP) is -19.2. The summed E-state index contributed by atoms with van der Waals surface area (Å²) in [6.07, 6.45) is -11.9. The molecule has 116 heavy (non-hydrogen) atoms. The van der Waals surface area contributed by atoms with Crippen LogP contribution in [0.2, 0.25) is 0 Å². The van der Waals surface area contributed by atoms with Gasteiger partial charge in [0.2, 0.25) is 0 Å². The second kappa shape index (κ2) is 46.2. The van der Waals surface area contributed by atoms with Crippen LogP contribution in [0.4, 0.5) is 23.3 Å². The molecule has 0 spiro atoms. The monoisotopic (exact) mass is 1960 g/mol. The Hall–Kier alpha value is 0.0400. The van der Waals surface area contributed by atoms with E-state index in [9.17, 15) is 114 Å². The Balaban J connectivity index is 0.000000765. The fourth-order valence-corrected chi connectivity index (χ4v) is 20.7. The number of nitrogens with two attached hydrogens (primary N) is 4. The van der Waals surface area contributed by atoms with E-state index in [4.69, 9.17) is 101 Å². The molecule has 4 aromatic rings. The molecule has 640 valence electrons. The maximum Gasteiger partial charge on any atom is 1.00 e. The first-order chi connectivity index (χ1) is 50.7. The minimum atomic E-state index is -5.67. The Morgan fingerprint density at radius 1 is 0.310 bits per heavy atom. The molecular weight excluding hydrogens is 1900 g/mol. The van der Waals surface area contributed by atoms with Crippen molar-refractivity contribution in [2.24, 2.45) is 0 Å². The Labute approximate surface area is 731 Å². The number of rotatable bonds is 32. The van der Waals surface area contributed by atoms with Crippen molar-refractivity contribution in [1.29, 1.82) is 0 Å². The van der Waals surface area contributed by atoms with Crippen LogP contribution in [0, 0.1) is 0 Å². The van der Waals surface area contributed by atoms with E-state index in [0.717, 1.165) is 18.3 Å². The van der Waals surface area contributed by atoms with Gasteiger partial charge in [0.05, 0.1) is 50.8 Å². The molecule has 0 bridgehead atoms. The summed E-state index contributed by atoms with van der Waals surface area (Å²) >= 11 is 0. The number of nitrogens with zero attached hydrogens (tertiary/aromatic N) is 8. The molecule has 4 aromatic heterocycles. The van der Waals surface area contributed by atoms with Gasteiger partial charge in [-0.1, -0.05) is 24.4 Å². The number of phosphoric ester groups is 4. The Bertz CT molecular complexity index is 4270. The fraction of sp³-hybridized carbons (Fsp3) is 0.556. The number of anilines is 4. The Kier molecular flexibility index (Phi) is 45.4. The van der Waals surface area contributed by atoms with Crippen molar-refractivity contribution < 1.29 is 343 Å². The first kappa shape index (κ1) is 114. The van der Waals surface area contributed by atoms with Crippen molar-refractivity contribution in [1.82, 2.24) is 38.2 Å². The van der Waals surface area contributed by atoms with E-state index in [2.05, 4.69) is 72.5 Å². The van der Waals surface area contributed by atoms with E-state index >= 15 is 0 Å². The average molecular weight is 1960 g/mol. The van der Waals surface area contributed by atoms with Crippen LogP contribution in [-0.2, 0) is 126 Å². The van der Waals surface area contributed by atoms with E-state index in [1.807, 2.05) is 0 Å². The van der Waals surface area contributed by atoms with Crippen LogP contribution in [0.15, 0.2) is 68.2 Å². The van der Waals surface area contributed by atoms with E-state index in [0.29, 0.717) is 0 Å². The normalized spacial score (nSPS) is 26.3. The van der Waals surface area contributed by atoms with Gasteiger partial charge in [-0.25, -0.2) is 74.0 Å². The van der Waals surface area contributed by atoms with Crippen LogP contribution in [0.25, 0.3) is 0 Å². The summed E-state index contributed by atoms with van der Waals surface area (Å²) in [6.45, 7) is -3.64. The van der Waals surface area contributed by atoms with Crippen LogP contribution in [-0.4, -0.2) is 192 Å². The maximum atomic E-state index is 12.0. The van der Waals surface area contributed by atoms with Gasteiger partial charge in [-0.2, -0.15) is 54.4 Å². The standard InChI is InChI=1S/4C9H15N3O13P3.4Na/c4*10-7-1-2-12(9(14)11-7)8-3-5(13)6(23-8)4-22-27(18,19)25-28(20,21)24-26(15,16)17;;;;/h4*1-2,5-6,8H,3-4H2,(H,18,19)(H,20,21)(H2,10,11,14)(H2,15,16,17);;;;/q4*-1;4*+1/t4*5-,6+,8+;;;;/m1000..../s1. The zero-order valence-electron chi connectivity index (χ0n) is 58.3. The van der Waals surface area contributed by atoms with Gasteiger partial charge in [-0.15, -0.1) is 0 Å². The molecule has 64 nitrogen and oxygen atoms in total. The summed E-state index contributed by atoms with van der Waals surface area (Å²) < 4.78 is 204. The predicted molar refractivity (Wildman–Crippen MR) is 340 cm³/mol. The fourth-order valence-electron chi connectivity index (χ4n) is 8.55. The molecule has 4 saturated heterocycles. The number of aromatic nitrogens is 8. The molecule has 0 amide bonds. The van der Waals surface area contributed by atoms with Crippen LogP contribution >= 0.6 is 93.9 Å². The van der Waals surface area contributed by atoms with Crippen molar-refractivity contribution in [2.75, 3.05) is 49.4 Å². The maximum absolute atomic E-state index is 12.0. The van der Waals surface area contributed by atoms with Gasteiger partial charge >= 0.3 is 235 Å². The van der Waals surface area contributed by atoms with Gasteiger partial charge in [0.15, 0.2) is 0 Å². The number of hydrogen-bond acceptors (Lipinski definition) is 44. The molecule has 0 saturated carbocycles. The average Bonchev–Trinajstić information content (AvgIpc) is 1.70. The van der Waals surface area contributed by atoms with Crippen molar-refractivity contribution in [2.45, 2.75) is 99.4 Å². The topological polar surface area (TPSA) is 1010 Å². The molecule has 0 aliphatic carbocycles. The zero-order valence-corrected chi connectivity index (χ0v) is 77.0. The van der Waals surface area contributed by atoms with Gasteiger partial charge in [-0.05, 0) is 49.9 Å². The van der Waals surface area contributed by atoms with Crippen molar-refractivity contribution >= 4 is 117 Å². The number of ether oxygens (including phenoxy) is 4. The minimum Gasteiger partial charge on any atom is -0.850 e. The Morgan fingerprint density at radius 3 is 0.603 bits per heavy atom. The molecule has 4 aliphatic heterocycles. The van der Waals surface area contributed by atoms with Gasteiger partial charge in [0, 0.05) is 24.8 Å². The summed E-state index contributed by atoms with van der Waals surface area (Å²) in [6, 6.07) is 5.13. The van der Waals surface area contributed by atoms with Gasteiger partial charge in [-0.3, -0.25) is 36.4 Å². The summed E-state index contributed by atoms with van der Waals surface area (Å²) in [7, 11) is -66.3. The van der Waals surface area contributed by atoms with Crippen molar-refractivity contribution in [3.8, 4) is 0 Å². The molecular formula is C36H60N12Na4O52P12. The van der Waals surface area contributed by atoms with E-state index in [1.165, 1.54) is 49.1 Å². The molecule has 4 fully saturated rings. The first-order valence-electron chi connectivity index (χ1n) is 28.5. The number of phosphoric acid groups is 12. The molecule has 0 aromatic carbocycles. The first-order valence-corrected chi connectivity index (χ1v) is 46.6. The second-order valence-electron chi connectivity index (χ2n) is 21.3. The minimum absolute atomic E-state index is 0. The summed E-state index contributed by atoms with van der Waals surface area (Å²) in [5.74, 6) is -0.214. The molecule has 24 N–H and O–H groups in total. The third-order valence-corrected chi connectivity index (χ3v) is 27.9. The van der Waals surface area contributed by atoms with E-state index in [-0.39, 0.29) is 167 Å². The van der Waals surface area contributed by atoms with Crippen LogP contribution in [0.5, 0.6) is 0 Å². The zero-order chi connectivity index (χ0) is 85.3. The van der Waals surface area contributed by atoms with E-state index in [1.54, 1.807) is 0 Å². The molecule has 20 atom stereocenters. The Morgan fingerprint density at radius 2 is 0.466 bits per heavy atom. The van der Waals surface area contributed by atoms with E-state index < -0.39 is 217 Å². The smallest absolute Gasteiger partial charge is 0.850 e. The molecule has 8 unspecified atom stereocenters. The molecule has 8 rings (SSSR count). The molecule has 80 heteroatoms. The van der Waals surface area contributed by atoms with Gasteiger partial charge < -0.3 is 141 Å². The SMILES string of the molecule is Nc1ccn([C@@H]2C[C@@H]([O-])[C@H](COP(=O)(O)OP(=O)(O)OP(=O)(O)O)O2)c(=O)n1.Nc1ccn([C@H]2C[C@H]([O-])[C@@H](COP(=O)(O)OP(=O)(O)OP(=O)(O)O)O2)c(=O)n1.Nc1ccn([C@H]2C[C@H]([O-])[C@@H](COP(=O)(O)OP(=O)(O)OP(=O)(O)O)O2)c(=O)n1.Nc1ccn([C@H]2C[C@H]([O-])[C@@H](COP(=O)(O)OP(=O)(O)OP(=O)(O)O)O2)c(=O)n1.[Na+].[Na+].[Na+].[Na+]. The summed E-state index contributed by atoms with van der Waals surface area (Å²) in [4.78, 5) is 202.